The van der Waals surface area contributed by atoms with Crippen molar-refractivity contribution in [2.45, 2.75) is 33.1 Å². The first-order valence-corrected chi connectivity index (χ1v) is 44.3. The van der Waals surface area contributed by atoms with Gasteiger partial charge in [-0.25, -0.2) is 37.2 Å². The number of carbonyl (C=O) groups excluding carboxylic acids is 7. The lowest BCUT2D eigenvalue weighted by molar-refractivity contribution is -0.384. The number of aromatic hydroxyl groups is 3. The molecular formula is C95H87Br3Cl2N20O22. The van der Waals surface area contributed by atoms with E-state index < -0.39 is 40.4 Å². The number of rotatable bonds is 33. The van der Waals surface area contributed by atoms with Crippen molar-refractivity contribution in [3.05, 3.63) is 369 Å². The van der Waals surface area contributed by atoms with Crippen LogP contribution in [-0.2, 0) is 19.2 Å². The van der Waals surface area contributed by atoms with Crippen LogP contribution in [0.15, 0.2) is 347 Å². The molecule has 0 aliphatic heterocycles. The number of methoxy groups -OCH3 is 1. The first-order chi connectivity index (χ1) is 68.5. The summed E-state index contributed by atoms with van der Waals surface area (Å²) in [5.41, 5.74) is 27.4. The Morgan fingerprint density at radius 3 is 1.65 bits per heavy atom. The van der Waals surface area contributed by atoms with Gasteiger partial charge >= 0.3 is 5.91 Å². The molecule has 0 radical (unpaired) electrons. The number of hydrazone groups is 6. The first kappa shape index (κ1) is 110. The Kier molecular flexibility index (Phi) is 46.6. The third-order valence-corrected chi connectivity index (χ3v) is 19.7. The van der Waals surface area contributed by atoms with Crippen LogP contribution in [-0.4, -0.2) is 148 Å². The molecule has 0 saturated carbocycles. The monoisotopic (exact) mass is 2170 g/mol. The topological polar surface area (TPSA) is 604 Å². The fourth-order valence-electron chi connectivity index (χ4n) is 10.4. The molecule has 7 amide bonds. The van der Waals surface area contributed by atoms with Gasteiger partial charge in [0.05, 0.1) is 116 Å². The quantitative estimate of drug-likeness (QED) is 0.00597. The van der Waals surface area contributed by atoms with E-state index in [0.717, 1.165) is 29.4 Å². The number of nitrogens with two attached hydrogens (primary N) is 2. The number of hydrogen-bond acceptors (Lipinski definition) is 33. The molecule has 42 nitrogen and oxygen atoms in total. The number of aromatic nitrogens is 2. The fraction of sp³-hybridized carbons (Fsp3) is 0.105. The third-order valence-electron chi connectivity index (χ3n) is 17.1. The maximum Gasteiger partial charge on any atom is 0.307 e. The van der Waals surface area contributed by atoms with E-state index in [4.69, 9.17) is 75.4 Å². The molecule has 14 N–H and O–H groups in total. The third kappa shape index (κ3) is 39.7. The molecule has 0 bridgehead atoms. The maximum absolute atomic E-state index is 12.8. The zero-order valence-electron chi connectivity index (χ0n) is 75.0. The summed E-state index contributed by atoms with van der Waals surface area (Å²) >= 11 is 21.1. The Morgan fingerprint density at radius 1 is 0.542 bits per heavy atom. The van der Waals surface area contributed by atoms with Gasteiger partial charge in [0.2, 0.25) is 5.91 Å². The van der Waals surface area contributed by atoms with Gasteiger partial charge in [-0.3, -0.25) is 43.7 Å². The molecule has 0 atom stereocenters. The van der Waals surface area contributed by atoms with E-state index in [9.17, 15) is 59.0 Å². The van der Waals surface area contributed by atoms with Gasteiger partial charge in [0, 0.05) is 35.1 Å². The first-order valence-electron chi connectivity index (χ1n) is 41.2. The Hall–Kier alpha value is -17.4. The van der Waals surface area contributed by atoms with Crippen molar-refractivity contribution in [2.24, 2.45) is 52.5 Å². The van der Waals surface area contributed by atoms with Crippen molar-refractivity contribution in [2.75, 3.05) is 32.6 Å². The number of furan rings is 6. The molecule has 7 heterocycles. The van der Waals surface area contributed by atoms with Crippen LogP contribution in [0.4, 0.5) is 11.5 Å². The van der Waals surface area contributed by atoms with Crippen molar-refractivity contribution in [1.29, 1.82) is 0 Å². The van der Waals surface area contributed by atoms with Crippen molar-refractivity contribution in [1.82, 2.24) is 48.2 Å². The molecule has 734 valence electrons. The predicted octanol–water partition coefficient (Wildman–Crippen LogP) is 16.4. The van der Waals surface area contributed by atoms with E-state index in [0.29, 0.717) is 71.5 Å². The van der Waals surface area contributed by atoms with Crippen LogP contribution >= 0.6 is 71.0 Å². The van der Waals surface area contributed by atoms with Crippen molar-refractivity contribution < 1.29 is 99.1 Å². The predicted molar refractivity (Wildman–Crippen MR) is 539 cm³/mol. The average Bonchev–Trinajstić information content (AvgIpc) is 1.42. The van der Waals surface area contributed by atoms with Crippen LogP contribution in [0.25, 0.3) is 6.08 Å². The summed E-state index contributed by atoms with van der Waals surface area (Å²) in [4.78, 5) is 92.5. The number of nitro benzene ring substituents is 1. The highest BCUT2D eigenvalue weighted by Crippen LogP contribution is 2.41. The van der Waals surface area contributed by atoms with Gasteiger partial charge in [-0.2, -0.15) is 35.7 Å². The maximum atomic E-state index is 12.8. The number of nitrogens with zero attached hydrogens (tertiary/aromatic N) is 11. The number of nitrogen functional groups attached to an aromatic ring is 1. The molecule has 47 heteroatoms. The summed E-state index contributed by atoms with van der Waals surface area (Å²) in [7, 11) is 1.55. The minimum absolute atomic E-state index is 0.0153. The summed E-state index contributed by atoms with van der Waals surface area (Å²) in [6.07, 6.45) is 21.6. The highest BCUT2D eigenvalue weighted by molar-refractivity contribution is 9.11. The standard InChI is InChI=1S/C21H19N3O3.C16H13Br3N2O5.C14H13ClN2O3.C12H14ClN3O3.2C12H10N2O3.C8H8N6O2/c25-19(24-23-14-18-12-7-13-27-18)15-22-21(26)20(16-8-3-1-4-9-16)17-10-5-2-6-11-17;1-25-9-2-3-12(10(17)5-9)26-7-13(22)21-20-6-8-4-11(18)15(23)16(24)14(8)19;1-10-2-5-13(20-10)8-16-17-14(18)9-19-12-6-3-11(15)4-7-12;1-8(2)5-6-14-15-12(17)10-4-3-9(16(18)19)7-11(10)13;15-12(11-6-3-9-17-11)14-13-7-1-4-10-5-2-8-16-10;15-11-6-2-1-5-10(11)12(16)14-13-8-9-4-3-7-17-9;9-7(6-8(10)14-16-13-6)12-11-4-5-2-1-3-15-5/h1-14,20H,15H2,(H,22,26)(H,24,25);2-6,23-24H,7H2,1H3,(H,21,22);2-8H,9H2,1H3,(H,17,18);3-4,6-8H,5H2,1-2H3,(H,15,17);1-9H,(H,14,15);1-8,15H,(H,14,16);1-4H,(H2,9,12)(H2,10,14)/b23-14+;20-6+;16-8+;14-6+;4-1-,13-7+;13-8+;11-4+. The number of nitrogens with one attached hydrogen (secondary N) is 7. The largest absolute Gasteiger partial charge is 0.507 e. The number of ether oxygens (including phenoxy) is 3. The summed E-state index contributed by atoms with van der Waals surface area (Å²) < 4.78 is 51.6. The van der Waals surface area contributed by atoms with Crippen LogP contribution in [0.2, 0.25) is 10.0 Å². The Morgan fingerprint density at radius 2 is 1.09 bits per heavy atom. The highest BCUT2D eigenvalue weighted by atomic mass is 79.9. The van der Waals surface area contributed by atoms with E-state index in [1.165, 1.54) is 92.7 Å². The molecule has 7 aromatic carbocycles. The number of phenols is 3. The summed E-state index contributed by atoms with van der Waals surface area (Å²) in [5.74, 6) is 2.05. The molecule has 14 aromatic rings. The number of amidine groups is 1. The molecule has 0 unspecified atom stereocenters. The van der Waals surface area contributed by atoms with Gasteiger partial charge in [-0.05, 0) is 240 Å². The SMILES string of the molecule is CC(C)C/C=N/NC(=O)c1ccc([N+](=O)[O-])cc1Cl.COc1ccc(OCC(=O)N/N=C/c2cc(Br)c(O)c(O)c2Br)c(Br)c1.Cc1ccc(/C=N/NC(=O)COc2ccc(Cl)cc2)o1.N/C(=N\N=C\c1ccco1)c1nonc1N.O=C(CNC(=O)C(c1ccccc1)c1ccccc1)N/N=C/c1ccco1.O=C(N/N=C/C=C\c1ccco1)c1ccco1.O=C(N/N=C/c1ccco1)c1ccccc1O. The molecule has 0 aliphatic rings. The number of aryl methyl sites for hydroxylation is 1. The number of nitro groups is 1. The van der Waals surface area contributed by atoms with Crippen LogP contribution in [0.5, 0.6) is 34.5 Å². The second-order valence-electron chi connectivity index (χ2n) is 28.0. The van der Waals surface area contributed by atoms with E-state index >= 15 is 0 Å². The van der Waals surface area contributed by atoms with Crippen LogP contribution in [0.3, 0.4) is 0 Å². The van der Waals surface area contributed by atoms with Gasteiger partial charge in [0.25, 0.3) is 35.2 Å². The number of carbonyl (C=O) groups is 7. The zero-order valence-corrected chi connectivity index (χ0v) is 81.3. The van der Waals surface area contributed by atoms with E-state index in [1.54, 1.807) is 147 Å². The second kappa shape index (κ2) is 60.2. The van der Waals surface area contributed by atoms with Gasteiger partial charge in [0.15, 0.2) is 47.8 Å². The van der Waals surface area contributed by atoms with Crippen molar-refractivity contribution in [3.63, 3.8) is 0 Å². The Bertz CT molecular complexity index is 6600. The highest BCUT2D eigenvalue weighted by Gasteiger charge is 2.24. The molecule has 0 aliphatic carbocycles. The number of phenolic OH excluding ortho intramolecular Hbond substituents is 3. The summed E-state index contributed by atoms with van der Waals surface area (Å²) in [5, 5.41) is 79.3. The molecule has 7 aromatic heterocycles. The normalized spacial score (nSPS) is 11.0. The minimum atomic E-state index is -0.575. The molecule has 14 rings (SSSR count). The number of non-ortho nitro benzene ring substituents is 1. The lowest BCUT2D eigenvalue weighted by Gasteiger charge is -2.17. The molecular weight excluding hydrogens is 2080 g/mol. The fourth-order valence-corrected chi connectivity index (χ4v) is 12.1. The number of amides is 7. The number of hydrogen-bond donors (Lipinski definition) is 12. The van der Waals surface area contributed by atoms with E-state index in [2.05, 4.69) is 141 Å². The molecule has 142 heavy (non-hydrogen) atoms. The Labute approximate surface area is 842 Å². The average molecular weight is 2170 g/mol. The van der Waals surface area contributed by atoms with Crippen LogP contribution in [0.1, 0.15) is 114 Å². The number of allylic oxidation sites excluding steroid dienone is 1. The van der Waals surface area contributed by atoms with Gasteiger partial charge < -0.3 is 72.8 Å². The van der Waals surface area contributed by atoms with Gasteiger partial charge in [-0.15, -0.1) is 5.10 Å². The molecule has 0 saturated heterocycles. The summed E-state index contributed by atoms with van der Waals surface area (Å²) in [6.45, 7) is 5.34. The molecule has 0 fully saturated rings. The second-order valence-corrected chi connectivity index (χ2v) is 31.3. The zero-order chi connectivity index (χ0) is 102. The lowest BCUT2D eigenvalue weighted by Crippen LogP contribution is -2.37. The van der Waals surface area contributed by atoms with Crippen LogP contribution < -0.4 is 63.5 Å². The number of benzene rings is 7. The van der Waals surface area contributed by atoms with Gasteiger partial charge in [0.1, 0.15) is 57.6 Å². The van der Waals surface area contributed by atoms with E-state index in [-0.39, 0.29) is 98.2 Å². The van der Waals surface area contributed by atoms with Gasteiger partial charge in [-0.1, -0.05) is 110 Å². The van der Waals surface area contributed by atoms with Crippen LogP contribution in [0, 0.1) is 23.0 Å². The van der Waals surface area contributed by atoms with Crippen molar-refractivity contribution >= 4 is 179 Å². The molecule has 0 spiro atoms. The smallest absolute Gasteiger partial charge is 0.307 e. The number of para-hydroxylation sites is 1. The van der Waals surface area contributed by atoms with E-state index in [1.807, 2.05) is 93.6 Å². The lowest BCUT2D eigenvalue weighted by atomic mass is 9.90. The number of anilines is 1. The number of halogens is 5. The minimum Gasteiger partial charge on any atom is -0.507 e. The Balaban J connectivity index is 0.000000204. The summed E-state index contributed by atoms with van der Waals surface area (Å²) in [6, 6.07) is 62.8. The van der Waals surface area contributed by atoms with Crippen molar-refractivity contribution in [3.8, 4) is 34.5 Å².